The van der Waals surface area contributed by atoms with Crippen molar-refractivity contribution in [2.24, 2.45) is 0 Å². The fraction of sp³-hybridized carbons (Fsp3) is 0.548. The van der Waals surface area contributed by atoms with E-state index in [2.05, 4.69) is 28.2 Å². The number of aliphatic carboxylic acids is 1. The third kappa shape index (κ3) is 13.8. The molecule has 2 aromatic carbocycles. The molecule has 1 aliphatic heterocycles. The molecular weight excluding hydrogens is 810 g/mol. The zero-order valence-electron chi connectivity index (χ0n) is 35.8. The molecule has 4 bridgehead atoms. The number of unbranched alkanes of at least 4 members (excludes halogenated alkanes) is 8. The van der Waals surface area contributed by atoms with Crippen molar-refractivity contribution in [1.82, 2.24) is 31.1 Å². The van der Waals surface area contributed by atoms with Crippen LogP contribution in [0.4, 0.5) is 5.69 Å². The number of carboxylic acids is 1. The molecule has 0 unspecified atom stereocenters. The van der Waals surface area contributed by atoms with Crippen molar-refractivity contribution in [3.05, 3.63) is 41.5 Å². The maximum absolute atomic E-state index is 13.9. The van der Waals surface area contributed by atoms with E-state index in [9.17, 15) is 64.4 Å². The van der Waals surface area contributed by atoms with Crippen molar-refractivity contribution in [3.8, 4) is 22.6 Å². The molecule has 3 rings (SSSR count). The van der Waals surface area contributed by atoms with Crippen LogP contribution in [-0.4, -0.2) is 128 Å². The molecule has 0 radical (unpaired) electrons. The number of hydrogen-bond acceptors (Lipinski definition) is 13. The van der Waals surface area contributed by atoms with Gasteiger partial charge in [-0.1, -0.05) is 76.2 Å². The van der Waals surface area contributed by atoms with Crippen molar-refractivity contribution in [2.75, 3.05) is 32.5 Å². The molecule has 9 N–H and O–H groups in total. The lowest BCUT2D eigenvalue weighted by atomic mass is 9.93. The second kappa shape index (κ2) is 23.9. The molecule has 20 nitrogen and oxygen atoms in total. The summed E-state index contributed by atoms with van der Waals surface area (Å²) < 4.78 is 0. The first kappa shape index (κ1) is 50.4. The first-order chi connectivity index (χ1) is 29.3. The predicted octanol–water partition coefficient (Wildman–Crippen LogP) is 1.21. The van der Waals surface area contributed by atoms with Crippen molar-refractivity contribution >= 4 is 47.1 Å². The van der Waals surface area contributed by atoms with E-state index in [-0.39, 0.29) is 34.6 Å². The number of aliphatic hydroxyl groups is 1. The molecule has 0 spiro atoms. The number of aliphatic hydroxyl groups excluding tert-OH is 1. The van der Waals surface area contributed by atoms with Crippen LogP contribution in [-0.2, 0) is 40.0 Å². The molecule has 2 aromatic rings. The van der Waals surface area contributed by atoms with Gasteiger partial charge in [-0.3, -0.25) is 39.2 Å². The number of phenolic OH excluding ortho intramolecular Hbond substituents is 1. The third-order valence-corrected chi connectivity index (χ3v) is 10.8. The minimum Gasteiger partial charge on any atom is -0.871 e. The largest absolute Gasteiger partial charge is 0.871 e. The lowest BCUT2D eigenvalue weighted by Gasteiger charge is -2.31. The van der Waals surface area contributed by atoms with Crippen LogP contribution in [0.5, 0.6) is 11.5 Å². The minimum absolute atomic E-state index is 0.00564. The van der Waals surface area contributed by atoms with E-state index in [1.807, 2.05) is 0 Å². The Balaban J connectivity index is 1.77. The second-order valence-corrected chi connectivity index (χ2v) is 15.5. The van der Waals surface area contributed by atoms with Gasteiger partial charge in [-0.2, -0.15) is 0 Å². The van der Waals surface area contributed by atoms with Crippen LogP contribution in [0.2, 0.25) is 0 Å². The summed E-state index contributed by atoms with van der Waals surface area (Å²) in [7, 11) is 2.59. The van der Waals surface area contributed by atoms with Crippen LogP contribution in [0.25, 0.3) is 11.1 Å². The number of carbonyl (C=O) groups is 7. The number of amides is 6. The van der Waals surface area contributed by atoms with Gasteiger partial charge in [0.05, 0.1) is 18.8 Å². The van der Waals surface area contributed by atoms with Gasteiger partial charge >= 0.3 is 5.97 Å². The zero-order valence-corrected chi connectivity index (χ0v) is 35.8. The van der Waals surface area contributed by atoms with Gasteiger partial charge in [0.2, 0.25) is 35.4 Å². The fourth-order valence-corrected chi connectivity index (χ4v) is 7.00. The number of nitrogens with zero attached hydrogens (tertiary/aromatic N) is 3. The number of benzene rings is 2. The van der Waals surface area contributed by atoms with Gasteiger partial charge in [-0.15, -0.1) is 5.23 Å². The highest BCUT2D eigenvalue weighted by Crippen LogP contribution is 2.41. The molecule has 0 aliphatic carbocycles. The van der Waals surface area contributed by atoms with Gasteiger partial charge in [0, 0.05) is 32.5 Å². The Hall–Kier alpha value is -5.99. The summed E-state index contributed by atoms with van der Waals surface area (Å²) in [5, 5.41) is 72.9. The minimum atomic E-state index is -1.63. The number of rotatable bonds is 20. The number of phenols is 1. The van der Waals surface area contributed by atoms with Crippen LogP contribution in [0.1, 0.15) is 102 Å². The standard InChI is InChI=1S/C42H61N7O13/c1-6-7-8-9-10-11-12-13-14-15-34(52)47(4)32(23-50)40(57)44-24(2)38(55)43-22-35(53)48(5)36-27-16-17-33(51)28(21-27)29-18-26(20-31(37(29)54)49(61)62)19-30(42(59)60)46-39(56)25(3)45-41(36)58/h16-18,20-21,24-25,30,32,36,50-51,54,61-62H,6-15,19,22-23H2,1-5H3,(H,43,55)(H,44,57)(H,45,58)(H,46,56)(H,59,60)/p-1/t24-,25+,30-,32-,36-/m1/s1. The first-order valence-electron chi connectivity index (χ1n) is 20.7. The van der Waals surface area contributed by atoms with E-state index in [0.29, 0.717) is 6.42 Å². The Labute approximate surface area is 360 Å². The summed E-state index contributed by atoms with van der Waals surface area (Å²) in [6.45, 7) is 3.32. The highest BCUT2D eigenvalue weighted by molar-refractivity contribution is 5.96. The van der Waals surface area contributed by atoms with E-state index in [1.54, 1.807) is 0 Å². The Morgan fingerprint density at radius 3 is 2.10 bits per heavy atom. The van der Waals surface area contributed by atoms with Gasteiger partial charge in [-0.05, 0) is 55.2 Å². The number of likely N-dealkylation sites (N-methyl/N-ethyl adjacent to an activating group) is 2. The van der Waals surface area contributed by atoms with Crippen LogP contribution in [0.3, 0.4) is 0 Å². The molecule has 1 aliphatic rings. The summed E-state index contributed by atoms with van der Waals surface area (Å²) in [6, 6.07) is -1.41. The molecule has 0 fully saturated rings. The molecular formula is C42H60N7O13-. The van der Waals surface area contributed by atoms with Crippen molar-refractivity contribution in [1.29, 1.82) is 0 Å². The average molecular weight is 871 g/mol. The van der Waals surface area contributed by atoms with Crippen LogP contribution < -0.4 is 31.6 Å². The van der Waals surface area contributed by atoms with Gasteiger partial charge in [0.25, 0.3) is 0 Å². The van der Waals surface area contributed by atoms with Crippen molar-refractivity contribution in [2.45, 2.75) is 122 Å². The van der Waals surface area contributed by atoms with E-state index >= 15 is 0 Å². The molecule has 6 amide bonds. The topological polar surface area (TPSA) is 302 Å². The van der Waals surface area contributed by atoms with E-state index in [0.717, 1.165) is 47.6 Å². The number of nitrogens with one attached hydrogen (secondary N) is 4. The predicted molar refractivity (Wildman–Crippen MR) is 222 cm³/mol. The Bertz CT molecular complexity index is 1930. The number of aromatic hydroxyl groups is 1. The Morgan fingerprint density at radius 1 is 0.871 bits per heavy atom. The summed E-state index contributed by atoms with van der Waals surface area (Å²) in [6.07, 6.45) is 9.26. The number of anilines is 1. The van der Waals surface area contributed by atoms with E-state index in [1.165, 1.54) is 71.8 Å². The van der Waals surface area contributed by atoms with Gasteiger partial charge in [0.1, 0.15) is 36.0 Å². The molecule has 342 valence electrons. The molecule has 20 heteroatoms. The highest BCUT2D eigenvalue weighted by Gasteiger charge is 2.34. The summed E-state index contributed by atoms with van der Waals surface area (Å²) >= 11 is 0. The highest BCUT2D eigenvalue weighted by atomic mass is 16.8. The lowest BCUT2D eigenvalue weighted by Crippen LogP contribution is -2.55. The molecule has 0 saturated heterocycles. The van der Waals surface area contributed by atoms with Crippen molar-refractivity contribution < 1.29 is 64.4 Å². The van der Waals surface area contributed by atoms with Crippen molar-refractivity contribution in [3.63, 3.8) is 0 Å². The monoisotopic (exact) mass is 870 g/mol. The molecule has 62 heavy (non-hydrogen) atoms. The smallest absolute Gasteiger partial charge is 0.326 e. The van der Waals surface area contributed by atoms with Crippen LogP contribution in [0.15, 0.2) is 30.3 Å². The molecule has 0 saturated carbocycles. The molecule has 5 atom stereocenters. The number of fused-ring (bicyclic) bond motifs is 5. The third-order valence-electron chi connectivity index (χ3n) is 10.8. The summed E-state index contributed by atoms with van der Waals surface area (Å²) in [5.41, 5.74) is -1.27. The SMILES string of the molecule is CCCCCCCCCCCC(=O)N(C)[C@H](CO)C(=O)N[C@H](C)C(=O)NCC(=O)N(C)[C@H]1C(=O)N[C@@H](C)C(=O)N[C@@H](C(=O)O)Cc2cc(c([O-])c(N(O)O)c2)-c2cc1ccc2O. The molecule has 0 aromatic heterocycles. The van der Waals surface area contributed by atoms with Gasteiger partial charge in [-0.25, -0.2) is 4.79 Å². The van der Waals surface area contributed by atoms with Gasteiger partial charge in [0.15, 0.2) is 0 Å². The lowest BCUT2D eigenvalue weighted by molar-refractivity contribution is -0.267. The summed E-state index contributed by atoms with van der Waals surface area (Å²) in [5.74, 6) is -7.77. The quantitative estimate of drug-likeness (QED) is 0.0668. The first-order valence-corrected chi connectivity index (χ1v) is 20.7. The van der Waals surface area contributed by atoms with Gasteiger partial charge < -0.3 is 51.5 Å². The Morgan fingerprint density at radius 2 is 1.50 bits per heavy atom. The number of hydrogen-bond donors (Lipinski definition) is 9. The van der Waals surface area contributed by atoms with Crippen LogP contribution >= 0.6 is 0 Å². The maximum Gasteiger partial charge on any atom is 0.326 e. The van der Waals surface area contributed by atoms with E-state index in [4.69, 9.17) is 0 Å². The Kier molecular flexibility index (Phi) is 19.4. The maximum atomic E-state index is 13.9. The fourth-order valence-electron chi connectivity index (χ4n) is 7.00. The number of carbonyl (C=O) groups excluding carboxylic acids is 6. The molecule has 1 heterocycles. The summed E-state index contributed by atoms with van der Waals surface area (Å²) in [4.78, 5) is 93.9. The second-order valence-electron chi connectivity index (χ2n) is 15.5. The number of carboxylic acid groups (broad SMARTS) is 1. The normalized spacial score (nSPS) is 17.3. The average Bonchev–Trinajstić information content (AvgIpc) is 3.22. The van der Waals surface area contributed by atoms with Crippen LogP contribution in [0, 0.1) is 0 Å². The zero-order chi connectivity index (χ0) is 46.3. The van der Waals surface area contributed by atoms with E-state index < -0.39 is 108 Å².